The van der Waals surface area contributed by atoms with Crippen LogP contribution in [0, 0.1) is 0 Å². The number of unbranched alkanes of at least 4 members (excludes halogenated alkanes) is 14. The molecule has 0 radical (unpaired) electrons. The topological polar surface area (TPSA) is 212 Å². The van der Waals surface area contributed by atoms with E-state index < -0.39 is 75.7 Å². The molecular formula is C31H58O13P-. The van der Waals surface area contributed by atoms with Gasteiger partial charge in [-0.15, -0.1) is 0 Å². The number of rotatable bonds is 26. The minimum atomic E-state index is -5.33. The molecule has 0 aliphatic heterocycles. The van der Waals surface area contributed by atoms with Crippen molar-refractivity contribution in [3.63, 3.8) is 0 Å². The van der Waals surface area contributed by atoms with Crippen LogP contribution in [-0.2, 0) is 32.7 Å². The number of hydrogen-bond donors (Lipinski definition) is 5. The third kappa shape index (κ3) is 18.1. The van der Waals surface area contributed by atoms with Gasteiger partial charge in [0.05, 0.1) is 6.61 Å². The molecule has 5 unspecified atom stereocenters. The van der Waals surface area contributed by atoms with Gasteiger partial charge >= 0.3 is 11.9 Å². The highest BCUT2D eigenvalue weighted by Gasteiger charge is 2.50. The number of carbonyl (C=O) groups is 2. The van der Waals surface area contributed by atoms with Gasteiger partial charge < -0.3 is 48.9 Å². The summed E-state index contributed by atoms with van der Waals surface area (Å²) in [6, 6.07) is 0. The van der Waals surface area contributed by atoms with Crippen LogP contribution in [0.2, 0.25) is 0 Å². The van der Waals surface area contributed by atoms with Gasteiger partial charge in [0, 0.05) is 12.8 Å². The summed E-state index contributed by atoms with van der Waals surface area (Å²) in [4.78, 5) is 37.0. The van der Waals surface area contributed by atoms with Crippen molar-refractivity contribution >= 4 is 19.8 Å². The predicted molar refractivity (Wildman–Crippen MR) is 164 cm³/mol. The van der Waals surface area contributed by atoms with Gasteiger partial charge in [-0.05, 0) is 12.8 Å². The SMILES string of the molecule is CCCCCCCCCCCCCCCC(=O)OC[C@H](COP(=O)([O-])OC1C(O)C(O)C(O)C(O)C1O)OC(=O)CCCCC. The number of esters is 2. The normalized spacial score (nSPS) is 25.4. The van der Waals surface area contributed by atoms with E-state index in [9.17, 15) is 44.6 Å². The van der Waals surface area contributed by atoms with E-state index in [1.807, 2.05) is 6.92 Å². The second-order valence-electron chi connectivity index (χ2n) is 12.0. The zero-order valence-electron chi connectivity index (χ0n) is 27.1. The van der Waals surface area contributed by atoms with Crippen molar-refractivity contribution in [2.24, 2.45) is 0 Å². The maximum Gasteiger partial charge on any atom is 0.306 e. The van der Waals surface area contributed by atoms with E-state index in [1.165, 1.54) is 57.8 Å². The molecule has 14 heteroatoms. The number of aliphatic hydroxyl groups excluding tert-OH is 5. The van der Waals surface area contributed by atoms with Gasteiger partial charge in [-0.25, -0.2) is 0 Å². The Hall–Kier alpha value is -1.15. The molecule has 5 N–H and O–H groups in total. The zero-order chi connectivity index (χ0) is 33.7. The Morgan fingerprint density at radius 2 is 1.02 bits per heavy atom. The van der Waals surface area contributed by atoms with Crippen molar-refractivity contribution in [1.82, 2.24) is 0 Å². The molecule has 0 saturated heterocycles. The van der Waals surface area contributed by atoms with Crippen molar-refractivity contribution in [3.8, 4) is 0 Å². The van der Waals surface area contributed by atoms with Crippen LogP contribution in [-0.4, -0.2) is 93.4 Å². The fraction of sp³-hybridized carbons (Fsp3) is 0.935. The second kappa shape index (κ2) is 24.1. The molecule has 0 aromatic rings. The summed E-state index contributed by atoms with van der Waals surface area (Å²) in [5.41, 5.74) is 0. The van der Waals surface area contributed by atoms with E-state index in [0.29, 0.717) is 12.8 Å². The highest BCUT2D eigenvalue weighted by Crippen LogP contribution is 2.43. The van der Waals surface area contributed by atoms with Crippen LogP contribution in [0.25, 0.3) is 0 Å². The average Bonchev–Trinajstić information content (AvgIpc) is 3.01. The summed E-state index contributed by atoms with van der Waals surface area (Å²) in [6.45, 7) is 2.93. The molecule has 0 aromatic carbocycles. The van der Waals surface area contributed by atoms with Gasteiger partial charge in [-0.3, -0.25) is 14.2 Å². The van der Waals surface area contributed by atoms with Crippen LogP contribution >= 0.6 is 7.82 Å². The number of phosphoric ester groups is 1. The van der Waals surface area contributed by atoms with Crippen LogP contribution in [0.4, 0.5) is 0 Å². The lowest BCUT2D eigenvalue weighted by molar-refractivity contribution is -0.261. The molecule has 1 fully saturated rings. The van der Waals surface area contributed by atoms with E-state index in [0.717, 1.165) is 32.1 Å². The van der Waals surface area contributed by atoms with Gasteiger partial charge in [0.15, 0.2) is 6.10 Å². The van der Waals surface area contributed by atoms with Gasteiger partial charge in [-0.2, -0.15) is 0 Å². The van der Waals surface area contributed by atoms with Crippen molar-refractivity contribution < 1.29 is 63.1 Å². The Balaban J connectivity index is 2.46. The number of carbonyl (C=O) groups excluding carboxylic acids is 2. The molecule has 1 aliphatic rings. The van der Waals surface area contributed by atoms with Gasteiger partial charge in [0.2, 0.25) is 0 Å². The first kappa shape index (κ1) is 41.9. The Kier molecular flexibility index (Phi) is 22.4. The summed E-state index contributed by atoms with van der Waals surface area (Å²) in [7, 11) is -5.33. The molecule has 0 aromatic heterocycles. The van der Waals surface area contributed by atoms with Gasteiger partial charge in [0.25, 0.3) is 7.82 Å². The third-order valence-corrected chi connectivity index (χ3v) is 8.91. The molecule has 1 aliphatic carbocycles. The van der Waals surface area contributed by atoms with Crippen LogP contribution in [0.1, 0.15) is 129 Å². The third-order valence-electron chi connectivity index (χ3n) is 7.94. The number of aliphatic hydroxyl groups is 5. The minimum Gasteiger partial charge on any atom is -0.756 e. The molecule has 0 heterocycles. The van der Waals surface area contributed by atoms with E-state index >= 15 is 0 Å². The van der Waals surface area contributed by atoms with Gasteiger partial charge in [-0.1, -0.05) is 104 Å². The molecule has 45 heavy (non-hydrogen) atoms. The molecule has 0 spiro atoms. The summed E-state index contributed by atoms with van der Waals surface area (Å²) < 4.78 is 32.4. The van der Waals surface area contributed by atoms with Crippen LogP contribution in [0.15, 0.2) is 0 Å². The smallest absolute Gasteiger partial charge is 0.306 e. The average molecular weight is 670 g/mol. The number of hydrogen-bond acceptors (Lipinski definition) is 13. The molecule has 6 atom stereocenters. The van der Waals surface area contributed by atoms with E-state index in [-0.39, 0.29) is 12.8 Å². The maximum atomic E-state index is 12.5. The second-order valence-corrected chi connectivity index (χ2v) is 13.4. The molecule has 1 rings (SSSR count). The standard InChI is InChI=1S/C31H59O13P/c1-3-5-7-8-9-10-11-12-13-14-15-16-18-19-24(32)41-21-23(43-25(33)20-17-6-4-2)22-42-45(39,40)44-31-29(37)27(35)26(34)28(36)30(31)38/h23,26-31,34-38H,3-22H2,1-2H3,(H,39,40)/p-1/t23-,26?,27?,28?,29?,30?,31?/m1/s1. The summed E-state index contributed by atoms with van der Waals surface area (Å²) >= 11 is 0. The number of ether oxygens (including phenoxy) is 2. The zero-order valence-corrected chi connectivity index (χ0v) is 28.0. The largest absolute Gasteiger partial charge is 0.756 e. The maximum absolute atomic E-state index is 12.5. The van der Waals surface area contributed by atoms with E-state index in [1.54, 1.807) is 0 Å². The molecule has 0 amide bonds. The Morgan fingerprint density at radius 1 is 0.622 bits per heavy atom. The molecule has 0 bridgehead atoms. The van der Waals surface area contributed by atoms with Gasteiger partial charge in [0.1, 0.15) is 43.2 Å². The monoisotopic (exact) mass is 669 g/mol. The lowest BCUT2D eigenvalue weighted by Crippen LogP contribution is -2.64. The molecule has 1 saturated carbocycles. The van der Waals surface area contributed by atoms with Crippen molar-refractivity contribution in [2.45, 2.75) is 172 Å². The first-order valence-corrected chi connectivity index (χ1v) is 18.3. The van der Waals surface area contributed by atoms with Crippen LogP contribution in [0.3, 0.4) is 0 Å². The Labute approximate surface area is 268 Å². The van der Waals surface area contributed by atoms with E-state index in [4.69, 9.17) is 14.0 Å². The van der Waals surface area contributed by atoms with E-state index in [2.05, 4.69) is 11.4 Å². The lowest BCUT2D eigenvalue weighted by Gasteiger charge is -2.43. The first-order valence-electron chi connectivity index (χ1n) is 16.8. The lowest BCUT2D eigenvalue weighted by atomic mass is 9.85. The summed E-state index contributed by atoms with van der Waals surface area (Å²) in [5.74, 6) is -1.16. The predicted octanol–water partition coefficient (Wildman–Crippen LogP) is 3.19. The van der Waals surface area contributed by atoms with Crippen molar-refractivity contribution in [1.29, 1.82) is 0 Å². The fourth-order valence-electron chi connectivity index (χ4n) is 5.10. The summed E-state index contributed by atoms with van der Waals surface area (Å²) in [5, 5.41) is 49.4. The molecule has 13 nitrogen and oxygen atoms in total. The molecule has 266 valence electrons. The Bertz CT molecular complexity index is 828. The Morgan fingerprint density at radius 3 is 1.53 bits per heavy atom. The van der Waals surface area contributed by atoms with Crippen molar-refractivity contribution in [3.05, 3.63) is 0 Å². The number of phosphoric acid groups is 1. The fourth-order valence-corrected chi connectivity index (χ4v) is 6.06. The first-order chi connectivity index (χ1) is 21.4. The quantitative estimate of drug-likeness (QED) is 0.0509. The minimum absolute atomic E-state index is 0.0708. The van der Waals surface area contributed by atoms with Crippen LogP contribution in [0.5, 0.6) is 0 Å². The van der Waals surface area contributed by atoms with Crippen molar-refractivity contribution in [2.75, 3.05) is 13.2 Å². The highest BCUT2D eigenvalue weighted by molar-refractivity contribution is 7.45. The summed E-state index contributed by atoms with van der Waals surface area (Å²) in [6.07, 6.45) is 4.20. The van der Waals surface area contributed by atoms with Crippen LogP contribution < -0.4 is 4.89 Å². The molecular weight excluding hydrogens is 611 g/mol. The highest BCUT2D eigenvalue weighted by atomic mass is 31.2.